The van der Waals surface area contributed by atoms with Crippen LogP contribution in [-0.2, 0) is 14.9 Å². The maximum absolute atomic E-state index is 10.6. The van der Waals surface area contributed by atoms with E-state index in [0.29, 0.717) is 0 Å². The Morgan fingerprint density at radius 2 is 2.18 bits per heavy atom. The van der Waals surface area contributed by atoms with Gasteiger partial charge in [0.1, 0.15) is 0 Å². The summed E-state index contributed by atoms with van der Waals surface area (Å²) in [4.78, 5) is 12.2. The molecule has 1 atom stereocenters. The van der Waals surface area contributed by atoms with Crippen LogP contribution in [0.3, 0.4) is 0 Å². The molecule has 0 fully saturated rings. The third kappa shape index (κ3) is 3.04. The summed E-state index contributed by atoms with van der Waals surface area (Å²) in [5.74, 6) is -0.920. The van der Waals surface area contributed by atoms with E-state index in [2.05, 4.69) is 0 Å². The fraction of sp³-hybridized carbons (Fsp3) is 0.750. The maximum atomic E-state index is 10.6. The third-order valence-electron chi connectivity index (χ3n) is 1.12. The average Bonchev–Trinajstić information content (AvgIpc) is 1.86. The van der Waals surface area contributed by atoms with Crippen molar-refractivity contribution in [1.82, 2.24) is 4.84 Å². The molecule has 2 N–H and O–H groups in total. The van der Waals surface area contributed by atoms with Crippen LogP contribution in [0.1, 0.15) is 13.3 Å². The molecule has 0 saturated carbocycles. The molecule has 66 valence electrons. The normalized spacial score (nSPS) is 14.1. The first-order valence-electron chi connectivity index (χ1n) is 2.80. The lowest BCUT2D eigenvalue weighted by Crippen LogP contribution is -2.35. The van der Waals surface area contributed by atoms with Crippen LogP contribution in [0.4, 0.5) is 0 Å². The van der Waals surface area contributed by atoms with Crippen molar-refractivity contribution in [1.29, 1.82) is 0 Å². The second-order valence-corrected chi connectivity index (χ2v) is 3.66. The molecule has 7 heteroatoms. The van der Waals surface area contributed by atoms with Crippen LogP contribution in [0.15, 0.2) is 0 Å². The highest BCUT2D eigenvalue weighted by Crippen LogP contribution is 2.03. The molecule has 0 aromatic heterocycles. The standard InChI is InChI=1S/C4H8ClNO4S/c1-2-3(4(7)6-5)11(8,9)10/h3H,2H2,1H3,(H,6,7)(H,8,9,10)/t3-/m1/s1. The van der Waals surface area contributed by atoms with Gasteiger partial charge in [0.05, 0.1) is 0 Å². The van der Waals surface area contributed by atoms with E-state index in [9.17, 15) is 13.2 Å². The quantitative estimate of drug-likeness (QED) is 0.494. The topological polar surface area (TPSA) is 83.5 Å². The molecule has 0 spiro atoms. The van der Waals surface area contributed by atoms with Crippen molar-refractivity contribution in [3.05, 3.63) is 0 Å². The van der Waals surface area contributed by atoms with Crippen LogP contribution in [0.25, 0.3) is 0 Å². The smallest absolute Gasteiger partial charge is 0.276 e. The highest BCUT2D eigenvalue weighted by molar-refractivity contribution is 7.87. The number of amides is 1. The van der Waals surface area contributed by atoms with Gasteiger partial charge in [-0.2, -0.15) is 8.42 Å². The third-order valence-corrected chi connectivity index (χ3v) is 2.57. The van der Waals surface area contributed by atoms with E-state index in [1.54, 1.807) is 4.84 Å². The van der Waals surface area contributed by atoms with Crippen LogP contribution in [-0.4, -0.2) is 24.1 Å². The van der Waals surface area contributed by atoms with Crippen molar-refractivity contribution in [2.24, 2.45) is 0 Å². The lowest BCUT2D eigenvalue weighted by molar-refractivity contribution is -0.119. The van der Waals surface area contributed by atoms with Crippen LogP contribution in [0, 0.1) is 0 Å². The minimum atomic E-state index is -4.32. The molecule has 0 saturated heterocycles. The Bertz CT molecular complexity index is 236. The highest BCUT2D eigenvalue weighted by Gasteiger charge is 2.28. The lowest BCUT2D eigenvalue weighted by Gasteiger charge is -2.06. The van der Waals surface area contributed by atoms with Gasteiger partial charge < -0.3 is 0 Å². The summed E-state index contributed by atoms with van der Waals surface area (Å²) in [7, 11) is -4.32. The van der Waals surface area contributed by atoms with Gasteiger partial charge in [0, 0.05) is 11.8 Å². The Balaban J connectivity index is 4.56. The lowest BCUT2D eigenvalue weighted by atomic mass is 10.3. The van der Waals surface area contributed by atoms with E-state index in [0.717, 1.165) is 0 Å². The number of carbonyl (C=O) groups excluding carboxylic acids is 1. The van der Waals surface area contributed by atoms with Crippen molar-refractivity contribution >= 4 is 27.8 Å². The average molecular weight is 202 g/mol. The molecule has 0 aliphatic heterocycles. The Morgan fingerprint density at radius 3 is 2.27 bits per heavy atom. The molecule has 0 bridgehead atoms. The highest BCUT2D eigenvalue weighted by atomic mass is 35.5. The first kappa shape index (κ1) is 10.7. The number of rotatable bonds is 3. The SMILES string of the molecule is CC[C@H](C(=O)NCl)S(=O)(=O)O. The van der Waals surface area contributed by atoms with E-state index in [1.807, 2.05) is 0 Å². The number of hydrogen-bond donors (Lipinski definition) is 2. The molecule has 0 aromatic carbocycles. The molecule has 0 aliphatic rings. The molecule has 11 heavy (non-hydrogen) atoms. The number of halogens is 1. The van der Waals surface area contributed by atoms with Crippen molar-refractivity contribution < 1.29 is 17.8 Å². The van der Waals surface area contributed by atoms with Crippen LogP contribution in [0.2, 0.25) is 0 Å². The van der Waals surface area contributed by atoms with Gasteiger partial charge in [0.15, 0.2) is 5.25 Å². The molecular formula is C4H8ClNO4S. The summed E-state index contributed by atoms with van der Waals surface area (Å²) < 4.78 is 29.2. The molecule has 0 radical (unpaired) electrons. The zero-order valence-corrected chi connectivity index (χ0v) is 7.32. The molecule has 0 unspecified atom stereocenters. The molecule has 5 nitrogen and oxygen atoms in total. The van der Waals surface area contributed by atoms with E-state index < -0.39 is 21.3 Å². The van der Waals surface area contributed by atoms with Crippen LogP contribution in [0.5, 0.6) is 0 Å². The summed E-state index contributed by atoms with van der Waals surface area (Å²) in [6.45, 7) is 1.45. The van der Waals surface area contributed by atoms with Crippen molar-refractivity contribution in [3.8, 4) is 0 Å². The van der Waals surface area contributed by atoms with E-state index in [-0.39, 0.29) is 6.42 Å². The summed E-state index contributed by atoms with van der Waals surface area (Å²) in [6.07, 6.45) is -0.0165. The van der Waals surface area contributed by atoms with Gasteiger partial charge in [-0.15, -0.1) is 0 Å². The van der Waals surface area contributed by atoms with E-state index >= 15 is 0 Å². The Morgan fingerprint density at radius 1 is 1.73 bits per heavy atom. The predicted molar refractivity (Wildman–Crippen MR) is 39.6 cm³/mol. The van der Waals surface area contributed by atoms with Gasteiger partial charge in [-0.1, -0.05) is 6.92 Å². The Kier molecular flexibility index (Phi) is 3.77. The Hall–Kier alpha value is -0.330. The zero-order valence-electron chi connectivity index (χ0n) is 5.74. The molecule has 0 aliphatic carbocycles. The molecule has 0 rings (SSSR count). The van der Waals surface area contributed by atoms with Crippen molar-refractivity contribution in [2.45, 2.75) is 18.6 Å². The van der Waals surface area contributed by atoms with Gasteiger partial charge in [-0.25, -0.2) is 0 Å². The minimum Gasteiger partial charge on any atom is -0.285 e. The second kappa shape index (κ2) is 3.89. The number of nitrogens with one attached hydrogen (secondary N) is 1. The first-order chi connectivity index (χ1) is 4.93. The molecule has 0 aromatic rings. The van der Waals surface area contributed by atoms with E-state index in [1.165, 1.54) is 6.92 Å². The van der Waals surface area contributed by atoms with Gasteiger partial charge >= 0.3 is 0 Å². The van der Waals surface area contributed by atoms with Crippen molar-refractivity contribution in [3.63, 3.8) is 0 Å². The van der Waals surface area contributed by atoms with Gasteiger partial charge in [-0.3, -0.25) is 14.2 Å². The Labute approximate surface area is 69.6 Å². The minimum absolute atomic E-state index is 0.0165. The van der Waals surface area contributed by atoms with Gasteiger partial charge in [-0.05, 0) is 6.42 Å². The fourth-order valence-electron chi connectivity index (χ4n) is 0.592. The summed E-state index contributed by atoms with van der Waals surface area (Å²) in [6, 6.07) is 0. The van der Waals surface area contributed by atoms with Crippen LogP contribution < -0.4 is 4.84 Å². The fourth-order valence-corrected chi connectivity index (χ4v) is 1.54. The van der Waals surface area contributed by atoms with Gasteiger partial charge in [0.25, 0.3) is 16.0 Å². The van der Waals surface area contributed by atoms with Gasteiger partial charge in [0.2, 0.25) is 0 Å². The van der Waals surface area contributed by atoms with Crippen molar-refractivity contribution in [2.75, 3.05) is 0 Å². The monoisotopic (exact) mass is 201 g/mol. The summed E-state index contributed by atoms with van der Waals surface area (Å²) in [5, 5.41) is -1.47. The molecule has 1 amide bonds. The predicted octanol–water partition coefficient (Wildman–Crippen LogP) is -0.0772. The number of carbonyl (C=O) groups is 1. The largest absolute Gasteiger partial charge is 0.285 e. The van der Waals surface area contributed by atoms with Crippen LogP contribution >= 0.6 is 11.8 Å². The number of hydrogen-bond acceptors (Lipinski definition) is 3. The summed E-state index contributed by atoms with van der Waals surface area (Å²) in [5.41, 5.74) is 0. The van der Waals surface area contributed by atoms with E-state index in [4.69, 9.17) is 16.3 Å². The zero-order chi connectivity index (χ0) is 9.07. The molecule has 0 heterocycles. The maximum Gasteiger partial charge on any atom is 0.276 e. The second-order valence-electron chi connectivity index (χ2n) is 1.87. The molecular weight excluding hydrogens is 194 g/mol. The first-order valence-corrected chi connectivity index (χ1v) is 4.68. The summed E-state index contributed by atoms with van der Waals surface area (Å²) >= 11 is 4.86.